The molecule has 1 fully saturated rings. The van der Waals surface area contributed by atoms with E-state index in [-0.39, 0.29) is 17.0 Å². The summed E-state index contributed by atoms with van der Waals surface area (Å²) in [4.78, 5) is 0.273. The van der Waals surface area contributed by atoms with Gasteiger partial charge in [0, 0.05) is 16.6 Å². The predicted octanol–water partition coefficient (Wildman–Crippen LogP) is 2.00. The summed E-state index contributed by atoms with van der Waals surface area (Å²) in [6.45, 7) is 0. The van der Waals surface area contributed by atoms with Gasteiger partial charge in [-0.05, 0) is 31.0 Å². The quantitative estimate of drug-likeness (QED) is 0.889. The number of nitrogens with two attached hydrogens (primary N) is 1. The lowest BCUT2D eigenvalue weighted by Crippen LogP contribution is -2.49. The predicted molar refractivity (Wildman–Crippen MR) is 74.7 cm³/mol. The number of nitrogens with one attached hydrogen (secondary N) is 1. The van der Waals surface area contributed by atoms with Crippen LogP contribution in [0, 0.1) is 0 Å². The first-order valence-corrected chi connectivity index (χ1v) is 8.30. The molecule has 0 bridgehead atoms. The molecule has 1 saturated carbocycles. The third-order valence-electron chi connectivity index (χ3n) is 3.23. The molecule has 0 amide bonds. The fourth-order valence-corrected chi connectivity index (χ4v) is 4.13. The minimum absolute atomic E-state index is 0.0827. The molecule has 1 aliphatic rings. The van der Waals surface area contributed by atoms with E-state index in [4.69, 9.17) is 5.73 Å². The van der Waals surface area contributed by atoms with Crippen LogP contribution >= 0.6 is 15.9 Å². The van der Waals surface area contributed by atoms with Crippen LogP contribution in [0.4, 0.5) is 0 Å². The maximum absolute atomic E-state index is 12.2. The first kappa shape index (κ1) is 14.0. The van der Waals surface area contributed by atoms with E-state index in [1.165, 1.54) is 0 Å². The van der Waals surface area contributed by atoms with Crippen LogP contribution in [0.2, 0.25) is 0 Å². The molecule has 0 unspecified atom stereocenters. The maximum Gasteiger partial charge on any atom is 0.240 e. The molecule has 1 aromatic rings. The zero-order valence-corrected chi connectivity index (χ0v) is 12.4. The van der Waals surface area contributed by atoms with Crippen molar-refractivity contribution in [3.63, 3.8) is 0 Å². The van der Waals surface area contributed by atoms with Crippen molar-refractivity contribution in [3.8, 4) is 0 Å². The second-order valence-corrected chi connectivity index (χ2v) is 7.26. The first-order chi connectivity index (χ1) is 8.49. The Kier molecular flexibility index (Phi) is 4.42. The summed E-state index contributed by atoms with van der Waals surface area (Å²) < 4.78 is 27.9. The minimum atomic E-state index is -3.48. The summed E-state index contributed by atoms with van der Waals surface area (Å²) in [7, 11) is -3.48. The van der Waals surface area contributed by atoms with Gasteiger partial charge in [0.15, 0.2) is 0 Å². The van der Waals surface area contributed by atoms with E-state index in [9.17, 15) is 8.42 Å². The molecule has 1 aliphatic carbocycles. The van der Waals surface area contributed by atoms with E-state index >= 15 is 0 Å². The summed E-state index contributed by atoms with van der Waals surface area (Å²) in [6.07, 6.45) is 3.80. The van der Waals surface area contributed by atoms with Crippen molar-refractivity contribution in [1.82, 2.24) is 4.72 Å². The van der Waals surface area contributed by atoms with E-state index in [0.717, 1.165) is 30.2 Å². The zero-order valence-electron chi connectivity index (χ0n) is 9.97. The Labute approximate surface area is 116 Å². The van der Waals surface area contributed by atoms with Gasteiger partial charge in [-0.2, -0.15) is 0 Å². The second-order valence-electron chi connectivity index (χ2n) is 4.63. The average molecular weight is 333 g/mol. The molecule has 100 valence electrons. The van der Waals surface area contributed by atoms with Crippen LogP contribution in [0.15, 0.2) is 33.6 Å². The van der Waals surface area contributed by atoms with Gasteiger partial charge >= 0.3 is 0 Å². The van der Waals surface area contributed by atoms with Gasteiger partial charge in [0.05, 0.1) is 4.90 Å². The summed E-state index contributed by atoms with van der Waals surface area (Å²) in [5.74, 6) is 0. The Balaban J connectivity index is 2.16. The van der Waals surface area contributed by atoms with Crippen LogP contribution in [0.5, 0.6) is 0 Å². The van der Waals surface area contributed by atoms with Crippen LogP contribution in [0.25, 0.3) is 0 Å². The van der Waals surface area contributed by atoms with Gasteiger partial charge in [-0.15, -0.1) is 0 Å². The summed E-state index contributed by atoms with van der Waals surface area (Å²) >= 11 is 3.27. The molecule has 2 rings (SSSR count). The van der Waals surface area contributed by atoms with Crippen molar-refractivity contribution in [2.45, 2.75) is 42.7 Å². The highest BCUT2D eigenvalue weighted by Gasteiger charge is 2.27. The van der Waals surface area contributed by atoms with E-state index in [0.29, 0.717) is 0 Å². The molecular weight excluding hydrogens is 316 g/mol. The molecule has 4 nitrogen and oxygen atoms in total. The Morgan fingerprint density at radius 3 is 2.67 bits per heavy atom. The van der Waals surface area contributed by atoms with Gasteiger partial charge in [0.25, 0.3) is 0 Å². The van der Waals surface area contributed by atoms with Crippen LogP contribution in [0.1, 0.15) is 25.7 Å². The molecule has 0 aromatic heterocycles. The fraction of sp³-hybridized carbons (Fsp3) is 0.500. The highest BCUT2D eigenvalue weighted by molar-refractivity contribution is 9.10. The van der Waals surface area contributed by atoms with Crippen molar-refractivity contribution < 1.29 is 8.42 Å². The Morgan fingerprint density at radius 1 is 1.28 bits per heavy atom. The minimum Gasteiger partial charge on any atom is -0.326 e. The third-order valence-corrected chi connectivity index (χ3v) is 5.21. The van der Waals surface area contributed by atoms with Crippen LogP contribution in [0.3, 0.4) is 0 Å². The molecule has 3 N–H and O–H groups in total. The van der Waals surface area contributed by atoms with Gasteiger partial charge in [0.2, 0.25) is 10.0 Å². The monoisotopic (exact) mass is 332 g/mol. The standard InChI is InChI=1S/C12H17BrN2O2S/c13-9-4-3-5-10(8-9)18(16,17)15-12-7-2-1-6-11(12)14/h3-5,8,11-12,15H,1-2,6-7,14H2/t11-,12-/m1/s1. The molecule has 6 heteroatoms. The Morgan fingerprint density at radius 2 is 2.00 bits per heavy atom. The van der Waals surface area contributed by atoms with E-state index in [1.807, 2.05) is 0 Å². The number of sulfonamides is 1. The molecule has 0 saturated heterocycles. The van der Waals surface area contributed by atoms with Gasteiger partial charge < -0.3 is 5.73 Å². The third kappa shape index (κ3) is 3.32. The molecule has 0 heterocycles. The SMILES string of the molecule is N[C@@H]1CCCC[C@H]1NS(=O)(=O)c1cccc(Br)c1. The zero-order chi connectivity index (χ0) is 13.2. The van der Waals surface area contributed by atoms with Gasteiger partial charge in [-0.3, -0.25) is 0 Å². The van der Waals surface area contributed by atoms with Gasteiger partial charge in [0.1, 0.15) is 0 Å². The number of rotatable bonds is 3. The topological polar surface area (TPSA) is 72.2 Å². The number of hydrogen-bond acceptors (Lipinski definition) is 3. The smallest absolute Gasteiger partial charge is 0.240 e. The Hall–Kier alpha value is -0.430. The summed E-state index contributed by atoms with van der Waals surface area (Å²) in [5.41, 5.74) is 5.96. The largest absolute Gasteiger partial charge is 0.326 e. The molecule has 0 spiro atoms. The molecule has 0 radical (unpaired) electrons. The van der Waals surface area contributed by atoms with Crippen LogP contribution in [-0.2, 0) is 10.0 Å². The normalized spacial score (nSPS) is 25.0. The maximum atomic E-state index is 12.2. The lowest BCUT2D eigenvalue weighted by Gasteiger charge is -2.29. The second kappa shape index (κ2) is 5.69. The Bertz CT molecular complexity index is 519. The summed E-state index contributed by atoms with van der Waals surface area (Å²) in [6, 6.07) is 6.45. The molecule has 0 aliphatic heterocycles. The average Bonchev–Trinajstić information content (AvgIpc) is 2.32. The number of halogens is 1. The van der Waals surface area contributed by atoms with Crippen molar-refractivity contribution in [3.05, 3.63) is 28.7 Å². The lowest BCUT2D eigenvalue weighted by molar-refractivity contribution is 0.361. The van der Waals surface area contributed by atoms with Crippen LogP contribution in [-0.4, -0.2) is 20.5 Å². The highest BCUT2D eigenvalue weighted by atomic mass is 79.9. The van der Waals surface area contributed by atoms with Crippen LogP contribution < -0.4 is 10.5 Å². The van der Waals surface area contributed by atoms with Gasteiger partial charge in [-0.25, -0.2) is 13.1 Å². The molecular formula is C12H17BrN2O2S. The fourth-order valence-electron chi connectivity index (χ4n) is 2.21. The lowest BCUT2D eigenvalue weighted by atomic mass is 9.92. The van der Waals surface area contributed by atoms with E-state index < -0.39 is 10.0 Å². The van der Waals surface area contributed by atoms with E-state index in [1.54, 1.807) is 24.3 Å². The number of benzene rings is 1. The molecule has 1 aromatic carbocycles. The van der Waals surface area contributed by atoms with Gasteiger partial charge in [-0.1, -0.05) is 34.8 Å². The van der Waals surface area contributed by atoms with E-state index in [2.05, 4.69) is 20.7 Å². The van der Waals surface area contributed by atoms with Crippen molar-refractivity contribution in [2.75, 3.05) is 0 Å². The highest BCUT2D eigenvalue weighted by Crippen LogP contribution is 2.21. The van der Waals surface area contributed by atoms with Crippen molar-refractivity contribution in [1.29, 1.82) is 0 Å². The molecule has 2 atom stereocenters. The number of hydrogen-bond donors (Lipinski definition) is 2. The van der Waals surface area contributed by atoms with Crippen molar-refractivity contribution >= 4 is 26.0 Å². The molecule has 18 heavy (non-hydrogen) atoms. The first-order valence-electron chi connectivity index (χ1n) is 6.02. The summed E-state index contributed by atoms with van der Waals surface area (Å²) in [5, 5.41) is 0. The van der Waals surface area contributed by atoms with Crippen molar-refractivity contribution in [2.24, 2.45) is 5.73 Å².